The van der Waals surface area contributed by atoms with Gasteiger partial charge in [-0.25, -0.2) is 0 Å². The first-order valence-corrected chi connectivity index (χ1v) is 20.3. The van der Waals surface area contributed by atoms with E-state index in [9.17, 15) is 9.59 Å². The van der Waals surface area contributed by atoms with E-state index in [1.165, 1.54) is 37.7 Å². The van der Waals surface area contributed by atoms with Crippen LogP contribution in [0.2, 0.25) is 0 Å². The fraction of sp³-hybridized carbons (Fsp3) is 0.814. The smallest absolute Gasteiger partial charge is 0.330 e. The van der Waals surface area contributed by atoms with Crippen LogP contribution in [0.5, 0.6) is 0 Å². The number of benzene rings is 1. The minimum atomic E-state index is -0.416. The third kappa shape index (κ3) is 13.2. The molecule has 0 saturated heterocycles. The SMILES string of the molecule is CC(C)C(=O)OC(C)(C)C.CCCC1(CCC)C(=O)N(C2CC(CC)C2)c2cc([B]OC(C)(C)C(C)(C)S)ccc21.CCCCC(C)(C)CC. The fourth-order valence-electron chi connectivity index (χ4n) is 6.36. The number of thiol groups is 1. The lowest BCUT2D eigenvalue weighted by molar-refractivity contribution is -0.158. The van der Waals surface area contributed by atoms with E-state index in [0.717, 1.165) is 55.6 Å². The van der Waals surface area contributed by atoms with Gasteiger partial charge in [-0.15, -0.1) is 0 Å². The summed E-state index contributed by atoms with van der Waals surface area (Å²) in [6.07, 6.45) is 12.8. The van der Waals surface area contributed by atoms with Crippen LogP contribution in [0.3, 0.4) is 0 Å². The Morgan fingerprint density at radius 1 is 0.940 bits per heavy atom. The lowest BCUT2D eigenvalue weighted by atomic mass is 9.73. The maximum absolute atomic E-state index is 13.9. The minimum absolute atomic E-state index is 0.0285. The lowest BCUT2D eigenvalue weighted by Crippen LogP contribution is -2.50. The number of amides is 1. The summed E-state index contributed by atoms with van der Waals surface area (Å²) in [4.78, 5) is 27.0. The van der Waals surface area contributed by atoms with Gasteiger partial charge in [0.25, 0.3) is 0 Å². The van der Waals surface area contributed by atoms with Gasteiger partial charge in [0.15, 0.2) is 0 Å². The van der Waals surface area contributed by atoms with Gasteiger partial charge in [-0.05, 0) is 104 Å². The number of carbonyl (C=O) groups excluding carboxylic acids is 2. The molecule has 1 fully saturated rings. The van der Waals surface area contributed by atoms with Crippen LogP contribution in [0, 0.1) is 17.3 Å². The molecule has 287 valence electrons. The molecule has 1 aromatic rings. The first-order valence-electron chi connectivity index (χ1n) is 19.9. The normalized spacial score (nSPS) is 18.8. The Hall–Kier alpha value is -1.47. The number of hydrogen-bond donors (Lipinski definition) is 1. The number of esters is 1. The average Bonchev–Trinajstić information content (AvgIpc) is 3.21. The summed E-state index contributed by atoms with van der Waals surface area (Å²) in [6.45, 7) is 33.4. The molecule has 1 aliphatic carbocycles. The zero-order chi connectivity index (χ0) is 38.7. The highest BCUT2D eigenvalue weighted by molar-refractivity contribution is 7.81. The van der Waals surface area contributed by atoms with Gasteiger partial charge in [-0.2, -0.15) is 12.6 Å². The van der Waals surface area contributed by atoms with Crippen LogP contribution in [-0.2, 0) is 24.4 Å². The molecule has 50 heavy (non-hydrogen) atoms. The Bertz CT molecular complexity index is 1180. The molecule has 2 aliphatic rings. The number of nitrogens with zero attached hydrogens (tertiary/aromatic N) is 1. The monoisotopic (exact) mass is 715 g/mol. The second-order valence-electron chi connectivity index (χ2n) is 18.0. The molecule has 1 amide bonds. The van der Waals surface area contributed by atoms with Crippen molar-refractivity contribution < 1.29 is 19.0 Å². The van der Waals surface area contributed by atoms with E-state index in [1.807, 2.05) is 42.1 Å². The third-order valence-corrected chi connectivity index (χ3v) is 11.5. The Morgan fingerprint density at radius 3 is 1.90 bits per heavy atom. The maximum atomic E-state index is 13.9. The van der Waals surface area contributed by atoms with Crippen molar-refractivity contribution in [1.29, 1.82) is 0 Å². The summed E-state index contributed by atoms with van der Waals surface area (Å²) >= 11 is 4.71. The number of carbonyl (C=O) groups is 2. The third-order valence-electron chi connectivity index (χ3n) is 10.9. The van der Waals surface area contributed by atoms with Crippen LogP contribution in [0.4, 0.5) is 5.69 Å². The van der Waals surface area contributed by atoms with Gasteiger partial charge in [-0.1, -0.05) is 118 Å². The second kappa shape index (κ2) is 19.6. The molecule has 5 nitrogen and oxygen atoms in total. The second-order valence-corrected chi connectivity index (χ2v) is 19.2. The van der Waals surface area contributed by atoms with Gasteiger partial charge >= 0.3 is 13.5 Å². The van der Waals surface area contributed by atoms with Gasteiger partial charge in [0, 0.05) is 16.5 Å². The molecular weight excluding hydrogens is 637 g/mol. The Balaban J connectivity index is 0.000000539. The van der Waals surface area contributed by atoms with Crippen LogP contribution in [0.1, 0.15) is 187 Å². The van der Waals surface area contributed by atoms with Gasteiger partial charge in [-0.3, -0.25) is 9.59 Å². The molecule has 3 rings (SSSR count). The van der Waals surface area contributed by atoms with Crippen LogP contribution in [-0.4, -0.2) is 41.3 Å². The number of unbranched alkanes of at least 4 members (excludes halogenated alkanes) is 1. The van der Waals surface area contributed by atoms with Crippen molar-refractivity contribution in [2.24, 2.45) is 17.3 Å². The summed E-state index contributed by atoms with van der Waals surface area (Å²) in [7, 11) is 1.84. The van der Waals surface area contributed by atoms with E-state index in [2.05, 4.69) is 99.3 Å². The summed E-state index contributed by atoms with van der Waals surface area (Å²) in [5.41, 5.74) is 2.83. The zero-order valence-electron chi connectivity index (χ0n) is 35.3. The Kier molecular flexibility index (Phi) is 18.2. The van der Waals surface area contributed by atoms with E-state index in [1.54, 1.807) is 0 Å². The first-order chi connectivity index (χ1) is 23.0. The van der Waals surface area contributed by atoms with Gasteiger partial charge in [0.2, 0.25) is 5.91 Å². The number of hydrogen-bond acceptors (Lipinski definition) is 5. The van der Waals surface area contributed by atoms with Crippen LogP contribution in [0.25, 0.3) is 0 Å². The molecule has 1 aromatic carbocycles. The molecule has 1 heterocycles. The standard InChI is InChI=1S/C26H41BNO2S.C9H20.C8H16O2/c1-8-13-26(14-9-2)21-12-11-19(27-30-24(4,5)25(6,7)31)17-22(21)28(23(26)29)20-15-18(10-3)16-20;1-5-7-8-9(3,4)6-2;1-6(2)7(9)10-8(3,4)5/h11-12,17-18,20,31H,8-10,13-16H2,1-7H3;5-8H2,1-4H3;6H,1-5H3. The van der Waals surface area contributed by atoms with E-state index in [0.29, 0.717) is 17.4 Å². The highest BCUT2D eigenvalue weighted by atomic mass is 32.1. The van der Waals surface area contributed by atoms with E-state index in [-0.39, 0.29) is 27.7 Å². The van der Waals surface area contributed by atoms with Crippen molar-refractivity contribution in [3.63, 3.8) is 0 Å². The molecule has 1 saturated carbocycles. The van der Waals surface area contributed by atoms with Gasteiger partial charge in [0.1, 0.15) is 5.60 Å². The quantitative estimate of drug-likeness (QED) is 0.112. The highest BCUT2D eigenvalue weighted by Gasteiger charge is 2.53. The fourth-order valence-corrected chi connectivity index (χ4v) is 6.41. The molecule has 1 aliphatic heterocycles. The molecule has 7 heteroatoms. The summed E-state index contributed by atoms with van der Waals surface area (Å²) in [6, 6.07) is 6.84. The molecule has 0 bridgehead atoms. The Morgan fingerprint density at radius 2 is 1.50 bits per heavy atom. The Labute approximate surface area is 315 Å². The molecule has 1 radical (unpaired) electrons. The van der Waals surface area contributed by atoms with Crippen molar-refractivity contribution in [2.45, 2.75) is 209 Å². The molecule has 0 spiro atoms. The highest BCUT2D eigenvalue weighted by Crippen LogP contribution is 2.51. The number of rotatable bonds is 15. The van der Waals surface area contributed by atoms with Crippen LogP contribution < -0.4 is 10.4 Å². The van der Waals surface area contributed by atoms with Crippen LogP contribution in [0.15, 0.2) is 18.2 Å². The predicted molar refractivity (Wildman–Crippen MR) is 220 cm³/mol. The van der Waals surface area contributed by atoms with Gasteiger partial charge < -0.3 is 14.3 Å². The van der Waals surface area contributed by atoms with Crippen molar-refractivity contribution in [1.82, 2.24) is 0 Å². The number of fused-ring (bicyclic) bond motifs is 1. The molecule has 0 N–H and O–H groups in total. The lowest BCUT2D eigenvalue weighted by Gasteiger charge is -2.42. The van der Waals surface area contributed by atoms with Crippen molar-refractivity contribution in [2.75, 3.05) is 4.90 Å². The van der Waals surface area contributed by atoms with Crippen molar-refractivity contribution in [3.8, 4) is 0 Å². The number of anilines is 1. The van der Waals surface area contributed by atoms with Crippen molar-refractivity contribution >= 4 is 43.1 Å². The average molecular weight is 715 g/mol. The summed E-state index contributed by atoms with van der Waals surface area (Å²) < 4.78 is 11.0. The molecular formula is C43H77BNO4S. The molecule has 0 unspecified atom stereocenters. The van der Waals surface area contributed by atoms with E-state index >= 15 is 0 Å². The van der Waals surface area contributed by atoms with Gasteiger partial charge in [0.05, 0.1) is 16.9 Å². The first kappa shape index (κ1) is 46.6. The summed E-state index contributed by atoms with van der Waals surface area (Å²) in [5.74, 6) is 0.928. The summed E-state index contributed by atoms with van der Waals surface area (Å²) in [5, 5.41) is 0. The minimum Gasteiger partial charge on any atom is -0.460 e. The van der Waals surface area contributed by atoms with Crippen molar-refractivity contribution in [3.05, 3.63) is 23.8 Å². The van der Waals surface area contributed by atoms with E-state index in [4.69, 9.17) is 22.0 Å². The number of ether oxygens (including phenoxy) is 1. The molecule has 0 atom stereocenters. The zero-order valence-corrected chi connectivity index (χ0v) is 36.2. The van der Waals surface area contributed by atoms with E-state index < -0.39 is 5.60 Å². The largest absolute Gasteiger partial charge is 0.460 e. The maximum Gasteiger partial charge on any atom is 0.330 e. The topological polar surface area (TPSA) is 55.8 Å². The molecule has 0 aromatic heterocycles. The van der Waals surface area contributed by atoms with Crippen LogP contribution >= 0.6 is 12.6 Å². The predicted octanol–water partition coefficient (Wildman–Crippen LogP) is 11.4.